The first kappa shape index (κ1) is 23.8. The van der Waals surface area contributed by atoms with Gasteiger partial charge in [0.2, 0.25) is 5.91 Å². The summed E-state index contributed by atoms with van der Waals surface area (Å²) in [5.74, 6) is 1.62. The average Bonchev–Trinajstić information content (AvgIpc) is 2.70. The van der Waals surface area contributed by atoms with Crippen LogP contribution in [0.3, 0.4) is 0 Å². The second-order valence-electron chi connectivity index (χ2n) is 7.73. The number of hydrogen-bond acceptors (Lipinski definition) is 4. The monoisotopic (exact) mass is 439 g/mol. The number of thioether (sulfide) groups is 1. The molecule has 1 heterocycles. The molecule has 2 N–H and O–H groups in total. The molecule has 162 valence electrons. The van der Waals surface area contributed by atoms with Crippen molar-refractivity contribution in [1.29, 1.82) is 0 Å². The third-order valence-electron chi connectivity index (χ3n) is 4.95. The van der Waals surface area contributed by atoms with Gasteiger partial charge >= 0.3 is 0 Å². The molecule has 0 saturated carbocycles. The Morgan fingerprint density at radius 3 is 2.52 bits per heavy atom. The molecule has 1 amide bonds. The molecule has 0 aliphatic carbocycles. The highest BCUT2D eigenvalue weighted by Crippen LogP contribution is 2.19. The first-order valence-corrected chi connectivity index (χ1v) is 11.6. The number of likely N-dealkylation sites (tertiary alicyclic amines) is 1. The van der Waals surface area contributed by atoms with Crippen LogP contribution in [0.5, 0.6) is 0 Å². The Bertz CT molecular complexity index is 658. The maximum Gasteiger partial charge on any atom is 0.243 e. The fraction of sp³-hybridized carbons (Fsp3) is 0.619. The van der Waals surface area contributed by atoms with E-state index in [0.717, 1.165) is 49.2 Å². The number of aliphatic imine (C=N–C) groups is 1. The zero-order chi connectivity index (χ0) is 21.2. The molecule has 29 heavy (non-hydrogen) atoms. The van der Waals surface area contributed by atoms with Crippen LogP contribution in [0.25, 0.3) is 0 Å². The molecule has 1 aromatic carbocycles. The molecule has 0 radical (unpaired) electrons. The van der Waals surface area contributed by atoms with Crippen molar-refractivity contribution in [2.75, 3.05) is 46.0 Å². The molecule has 1 aliphatic rings. The van der Waals surface area contributed by atoms with Crippen LogP contribution in [0.15, 0.2) is 34.2 Å². The Balaban J connectivity index is 1.84. The summed E-state index contributed by atoms with van der Waals surface area (Å²) in [6, 6.07) is 8.83. The van der Waals surface area contributed by atoms with Gasteiger partial charge in [-0.25, -0.2) is 4.99 Å². The van der Waals surface area contributed by atoms with E-state index in [1.54, 1.807) is 30.8 Å². The van der Waals surface area contributed by atoms with E-state index >= 15 is 0 Å². The minimum absolute atomic E-state index is 0.00346. The number of carbonyl (C=O) groups excluding carboxylic acids is 1. The minimum Gasteiger partial charge on any atom is -0.356 e. The van der Waals surface area contributed by atoms with Crippen molar-refractivity contribution in [3.05, 3.63) is 29.3 Å². The molecule has 0 unspecified atom stereocenters. The van der Waals surface area contributed by atoms with E-state index in [1.807, 2.05) is 24.3 Å². The Morgan fingerprint density at radius 1 is 1.28 bits per heavy atom. The topological polar surface area (TPSA) is 60.0 Å². The third-order valence-corrected chi connectivity index (χ3v) is 6.21. The lowest BCUT2D eigenvalue weighted by atomic mass is 10.0. The number of guanidine groups is 1. The molecule has 1 saturated heterocycles. The number of likely N-dealkylation sites (N-methyl/N-ethyl adjacent to an activating group) is 1. The van der Waals surface area contributed by atoms with Crippen LogP contribution in [0.2, 0.25) is 5.02 Å². The summed E-state index contributed by atoms with van der Waals surface area (Å²) in [6.07, 6.45) is 2.17. The molecule has 1 aromatic rings. The Hall–Kier alpha value is -1.44. The summed E-state index contributed by atoms with van der Waals surface area (Å²) < 4.78 is 0. The van der Waals surface area contributed by atoms with E-state index < -0.39 is 0 Å². The van der Waals surface area contributed by atoms with Crippen LogP contribution < -0.4 is 10.6 Å². The van der Waals surface area contributed by atoms with Crippen LogP contribution in [0.1, 0.15) is 26.7 Å². The van der Waals surface area contributed by atoms with Crippen LogP contribution >= 0.6 is 23.4 Å². The zero-order valence-electron chi connectivity index (χ0n) is 17.9. The predicted octanol–water partition coefficient (Wildman–Crippen LogP) is 2.93. The van der Waals surface area contributed by atoms with Crippen molar-refractivity contribution >= 4 is 35.2 Å². The van der Waals surface area contributed by atoms with Gasteiger partial charge in [-0.15, -0.1) is 11.8 Å². The number of halogens is 1. The van der Waals surface area contributed by atoms with E-state index in [0.29, 0.717) is 12.1 Å². The molecule has 6 nitrogen and oxygen atoms in total. The molecule has 1 fully saturated rings. The van der Waals surface area contributed by atoms with Crippen molar-refractivity contribution in [3.8, 4) is 0 Å². The SMILES string of the molecule is CC(C)N1CCC(NC(=NCC(=O)N(C)C)NCCSc2ccc(Cl)cc2)CC1. The lowest BCUT2D eigenvalue weighted by Crippen LogP contribution is -2.50. The van der Waals surface area contributed by atoms with Gasteiger partial charge < -0.3 is 20.4 Å². The maximum atomic E-state index is 11.9. The van der Waals surface area contributed by atoms with Gasteiger partial charge in [-0.1, -0.05) is 11.6 Å². The summed E-state index contributed by atoms with van der Waals surface area (Å²) >= 11 is 7.70. The summed E-state index contributed by atoms with van der Waals surface area (Å²) in [7, 11) is 3.51. The van der Waals surface area contributed by atoms with Gasteiger partial charge in [0.05, 0.1) is 0 Å². The highest BCUT2D eigenvalue weighted by molar-refractivity contribution is 7.99. The van der Waals surface area contributed by atoms with Crippen LogP contribution in [-0.4, -0.2) is 79.8 Å². The molecule has 2 rings (SSSR count). The minimum atomic E-state index is -0.00346. The van der Waals surface area contributed by atoms with Gasteiger partial charge in [-0.3, -0.25) is 4.79 Å². The van der Waals surface area contributed by atoms with E-state index in [-0.39, 0.29) is 12.5 Å². The number of carbonyl (C=O) groups is 1. The third kappa shape index (κ3) is 8.84. The van der Waals surface area contributed by atoms with Crippen LogP contribution in [-0.2, 0) is 4.79 Å². The fourth-order valence-electron chi connectivity index (χ4n) is 3.06. The van der Waals surface area contributed by atoms with Crippen molar-refractivity contribution < 1.29 is 4.79 Å². The second-order valence-corrected chi connectivity index (χ2v) is 9.34. The molecule has 0 aromatic heterocycles. The van der Waals surface area contributed by atoms with Gasteiger partial charge in [-0.05, 0) is 51.0 Å². The largest absolute Gasteiger partial charge is 0.356 e. The van der Waals surface area contributed by atoms with Gasteiger partial charge in [0.25, 0.3) is 0 Å². The Labute approximate surface area is 184 Å². The number of piperidine rings is 1. The average molecular weight is 440 g/mol. The van der Waals surface area contributed by atoms with Crippen molar-refractivity contribution in [2.45, 2.75) is 43.7 Å². The Morgan fingerprint density at radius 2 is 1.93 bits per heavy atom. The standard InChI is InChI=1S/C21H34ClN5OS/c1-16(2)27-12-9-18(10-13-27)25-21(24-15-20(28)26(3)4)23-11-14-29-19-7-5-17(22)6-8-19/h5-8,16,18H,9-15H2,1-4H3,(H2,23,24,25). The van der Waals surface area contributed by atoms with Gasteiger partial charge in [-0.2, -0.15) is 0 Å². The summed E-state index contributed by atoms with van der Waals surface area (Å²) in [4.78, 5) is 21.7. The summed E-state index contributed by atoms with van der Waals surface area (Å²) in [6.45, 7) is 7.58. The number of amides is 1. The Kier molecular flexibility index (Phi) is 10.1. The number of nitrogens with zero attached hydrogens (tertiary/aromatic N) is 3. The molecular weight excluding hydrogens is 406 g/mol. The van der Waals surface area contributed by atoms with Crippen molar-refractivity contribution in [1.82, 2.24) is 20.4 Å². The van der Waals surface area contributed by atoms with E-state index in [9.17, 15) is 4.79 Å². The molecular formula is C21H34ClN5OS. The quantitative estimate of drug-likeness (QED) is 0.282. The van der Waals surface area contributed by atoms with Crippen molar-refractivity contribution in [3.63, 3.8) is 0 Å². The highest BCUT2D eigenvalue weighted by Gasteiger charge is 2.21. The van der Waals surface area contributed by atoms with Crippen LogP contribution in [0, 0.1) is 0 Å². The van der Waals surface area contributed by atoms with E-state index in [4.69, 9.17) is 11.6 Å². The molecule has 8 heteroatoms. The number of rotatable bonds is 8. The normalized spacial score (nSPS) is 16.1. The highest BCUT2D eigenvalue weighted by atomic mass is 35.5. The zero-order valence-corrected chi connectivity index (χ0v) is 19.5. The smallest absolute Gasteiger partial charge is 0.243 e. The van der Waals surface area contributed by atoms with Crippen molar-refractivity contribution in [2.24, 2.45) is 4.99 Å². The van der Waals surface area contributed by atoms with Gasteiger partial charge in [0, 0.05) is 61.5 Å². The lowest BCUT2D eigenvalue weighted by molar-refractivity contribution is -0.127. The molecule has 0 bridgehead atoms. The first-order valence-electron chi connectivity index (χ1n) is 10.2. The number of hydrogen-bond donors (Lipinski definition) is 2. The van der Waals surface area contributed by atoms with Gasteiger partial charge in [0.1, 0.15) is 6.54 Å². The van der Waals surface area contributed by atoms with Gasteiger partial charge in [0.15, 0.2) is 5.96 Å². The van der Waals surface area contributed by atoms with E-state index in [2.05, 4.69) is 34.4 Å². The molecule has 0 atom stereocenters. The predicted molar refractivity (Wildman–Crippen MR) is 124 cm³/mol. The summed E-state index contributed by atoms with van der Waals surface area (Å²) in [5, 5.41) is 7.67. The van der Waals surface area contributed by atoms with E-state index in [1.165, 1.54) is 4.90 Å². The molecule has 0 spiro atoms. The van der Waals surface area contributed by atoms with Crippen LogP contribution in [0.4, 0.5) is 0 Å². The number of nitrogens with one attached hydrogen (secondary N) is 2. The second kappa shape index (κ2) is 12.3. The lowest BCUT2D eigenvalue weighted by Gasteiger charge is -2.35. The number of benzene rings is 1. The fourth-order valence-corrected chi connectivity index (χ4v) is 3.96. The maximum absolute atomic E-state index is 11.9. The first-order chi connectivity index (χ1) is 13.8. The molecule has 1 aliphatic heterocycles. The summed E-state index contributed by atoms with van der Waals surface area (Å²) in [5.41, 5.74) is 0.